The van der Waals surface area contributed by atoms with Crippen LogP contribution in [0.2, 0.25) is 0 Å². The lowest BCUT2D eigenvalue weighted by atomic mass is 9.75. The summed E-state index contributed by atoms with van der Waals surface area (Å²) in [4.78, 5) is 2.49. The Labute approximate surface area is 105 Å². The maximum Gasteiger partial charge on any atom is 0.0424 e. The van der Waals surface area contributed by atoms with Crippen LogP contribution in [0.15, 0.2) is 30.3 Å². The van der Waals surface area contributed by atoms with Gasteiger partial charge in [-0.1, -0.05) is 44.2 Å². The summed E-state index contributed by atoms with van der Waals surface area (Å²) in [6, 6.07) is 10.6. The van der Waals surface area contributed by atoms with Gasteiger partial charge in [0.05, 0.1) is 0 Å². The van der Waals surface area contributed by atoms with Crippen LogP contribution in [0, 0.1) is 5.41 Å². The van der Waals surface area contributed by atoms with E-state index in [4.69, 9.17) is 5.73 Å². The van der Waals surface area contributed by atoms with Crippen molar-refractivity contribution in [2.45, 2.75) is 32.7 Å². The van der Waals surface area contributed by atoms with Gasteiger partial charge in [0.15, 0.2) is 0 Å². The molecular formula is C15H24N2. The number of likely N-dealkylation sites (tertiary alicyclic amines) is 1. The summed E-state index contributed by atoms with van der Waals surface area (Å²) in [7, 11) is 0. The smallest absolute Gasteiger partial charge is 0.0424 e. The lowest BCUT2D eigenvalue weighted by molar-refractivity contribution is -0.00952. The van der Waals surface area contributed by atoms with E-state index < -0.39 is 0 Å². The third kappa shape index (κ3) is 2.70. The number of hydrogen-bond acceptors (Lipinski definition) is 2. The SMILES string of the molecule is CCC1(CC)CN(CC(N)c2ccccc2)C1. The van der Waals surface area contributed by atoms with Gasteiger partial charge in [0.25, 0.3) is 0 Å². The molecule has 17 heavy (non-hydrogen) atoms. The number of rotatable bonds is 5. The van der Waals surface area contributed by atoms with Crippen LogP contribution in [0.3, 0.4) is 0 Å². The van der Waals surface area contributed by atoms with Crippen LogP contribution in [0.5, 0.6) is 0 Å². The van der Waals surface area contributed by atoms with Crippen LogP contribution < -0.4 is 5.73 Å². The number of hydrogen-bond donors (Lipinski definition) is 1. The lowest BCUT2D eigenvalue weighted by Gasteiger charge is -2.50. The van der Waals surface area contributed by atoms with E-state index in [1.165, 1.54) is 31.5 Å². The molecule has 1 aromatic carbocycles. The summed E-state index contributed by atoms with van der Waals surface area (Å²) in [5, 5.41) is 0. The predicted molar refractivity (Wildman–Crippen MR) is 72.8 cm³/mol. The Morgan fingerprint density at radius 2 is 1.76 bits per heavy atom. The van der Waals surface area contributed by atoms with E-state index in [-0.39, 0.29) is 6.04 Å². The van der Waals surface area contributed by atoms with Crippen LogP contribution >= 0.6 is 0 Å². The van der Waals surface area contributed by atoms with Gasteiger partial charge in [-0.25, -0.2) is 0 Å². The van der Waals surface area contributed by atoms with Gasteiger partial charge in [-0.3, -0.25) is 0 Å². The van der Waals surface area contributed by atoms with E-state index in [0.29, 0.717) is 5.41 Å². The van der Waals surface area contributed by atoms with Gasteiger partial charge >= 0.3 is 0 Å². The van der Waals surface area contributed by atoms with Crippen molar-refractivity contribution in [2.24, 2.45) is 11.1 Å². The third-order valence-electron chi connectivity index (χ3n) is 4.30. The van der Waals surface area contributed by atoms with Crippen molar-refractivity contribution < 1.29 is 0 Å². The lowest BCUT2D eigenvalue weighted by Crippen LogP contribution is -2.57. The van der Waals surface area contributed by atoms with Crippen LogP contribution in [0.4, 0.5) is 0 Å². The van der Waals surface area contributed by atoms with Crippen molar-refractivity contribution >= 4 is 0 Å². The summed E-state index contributed by atoms with van der Waals surface area (Å²) in [6.07, 6.45) is 2.58. The van der Waals surface area contributed by atoms with Crippen LogP contribution in [-0.4, -0.2) is 24.5 Å². The largest absolute Gasteiger partial charge is 0.323 e. The molecule has 2 heteroatoms. The Bertz CT molecular complexity index is 335. The fourth-order valence-electron chi connectivity index (χ4n) is 2.81. The second-order valence-electron chi connectivity index (χ2n) is 5.39. The van der Waals surface area contributed by atoms with Gasteiger partial charge in [-0.15, -0.1) is 0 Å². The van der Waals surface area contributed by atoms with Gasteiger partial charge in [0.1, 0.15) is 0 Å². The quantitative estimate of drug-likeness (QED) is 0.846. The van der Waals surface area contributed by atoms with Gasteiger partial charge in [0, 0.05) is 25.7 Å². The monoisotopic (exact) mass is 232 g/mol. The first kappa shape index (κ1) is 12.6. The summed E-state index contributed by atoms with van der Waals surface area (Å²) in [5.41, 5.74) is 8.06. The van der Waals surface area contributed by atoms with E-state index in [2.05, 4.69) is 43.0 Å². The molecule has 0 aliphatic carbocycles. The van der Waals surface area contributed by atoms with Gasteiger partial charge < -0.3 is 10.6 Å². The van der Waals surface area contributed by atoms with Crippen LogP contribution in [0.25, 0.3) is 0 Å². The topological polar surface area (TPSA) is 29.3 Å². The first-order valence-corrected chi connectivity index (χ1v) is 6.72. The minimum Gasteiger partial charge on any atom is -0.323 e. The molecule has 1 aliphatic rings. The molecule has 1 unspecified atom stereocenters. The van der Waals surface area contributed by atoms with Gasteiger partial charge in [-0.2, -0.15) is 0 Å². The highest BCUT2D eigenvalue weighted by Crippen LogP contribution is 2.37. The zero-order chi connectivity index (χ0) is 12.3. The molecule has 0 amide bonds. The molecule has 0 saturated carbocycles. The van der Waals surface area contributed by atoms with Gasteiger partial charge in [-0.05, 0) is 23.8 Å². The van der Waals surface area contributed by atoms with Crippen molar-refractivity contribution in [3.05, 3.63) is 35.9 Å². The maximum atomic E-state index is 6.24. The molecule has 2 N–H and O–H groups in total. The molecular weight excluding hydrogens is 208 g/mol. The summed E-state index contributed by atoms with van der Waals surface area (Å²) < 4.78 is 0. The van der Waals surface area contributed by atoms with Crippen molar-refractivity contribution in [3.8, 4) is 0 Å². The molecule has 0 bridgehead atoms. The molecule has 1 heterocycles. The van der Waals surface area contributed by atoms with E-state index in [1.807, 2.05) is 6.07 Å². The Balaban J connectivity index is 1.84. The number of nitrogens with two attached hydrogens (primary N) is 1. The molecule has 1 aromatic rings. The summed E-state index contributed by atoms with van der Waals surface area (Å²) in [6.45, 7) is 8.04. The van der Waals surface area contributed by atoms with Gasteiger partial charge in [0.2, 0.25) is 0 Å². The fraction of sp³-hybridized carbons (Fsp3) is 0.600. The average molecular weight is 232 g/mol. The van der Waals surface area contributed by atoms with Crippen molar-refractivity contribution in [3.63, 3.8) is 0 Å². The fourth-order valence-corrected chi connectivity index (χ4v) is 2.81. The van der Waals surface area contributed by atoms with Crippen LogP contribution in [-0.2, 0) is 0 Å². The van der Waals surface area contributed by atoms with Crippen molar-refractivity contribution in [2.75, 3.05) is 19.6 Å². The molecule has 0 aromatic heterocycles. The molecule has 0 radical (unpaired) electrons. The van der Waals surface area contributed by atoms with E-state index in [9.17, 15) is 0 Å². The third-order valence-corrected chi connectivity index (χ3v) is 4.30. The van der Waals surface area contributed by atoms with E-state index >= 15 is 0 Å². The summed E-state index contributed by atoms with van der Waals surface area (Å²) in [5.74, 6) is 0. The Morgan fingerprint density at radius 3 is 2.29 bits per heavy atom. The van der Waals surface area contributed by atoms with E-state index in [1.54, 1.807) is 0 Å². The first-order chi connectivity index (χ1) is 8.19. The Kier molecular flexibility index (Phi) is 3.85. The molecule has 94 valence electrons. The first-order valence-electron chi connectivity index (χ1n) is 6.72. The van der Waals surface area contributed by atoms with Crippen molar-refractivity contribution in [1.29, 1.82) is 0 Å². The highest BCUT2D eigenvalue weighted by Gasteiger charge is 2.39. The van der Waals surface area contributed by atoms with E-state index in [0.717, 1.165) is 6.54 Å². The minimum atomic E-state index is 0.155. The predicted octanol–water partition coefficient (Wildman–Crippen LogP) is 2.81. The highest BCUT2D eigenvalue weighted by atomic mass is 15.2. The number of benzene rings is 1. The Morgan fingerprint density at radius 1 is 1.18 bits per heavy atom. The van der Waals surface area contributed by atoms with Crippen molar-refractivity contribution in [1.82, 2.24) is 4.90 Å². The maximum absolute atomic E-state index is 6.24. The number of nitrogens with zero attached hydrogens (tertiary/aromatic N) is 1. The van der Waals surface area contributed by atoms with Crippen LogP contribution in [0.1, 0.15) is 38.3 Å². The average Bonchev–Trinajstić information content (AvgIpc) is 2.34. The normalized spacial score (nSPS) is 20.9. The molecule has 1 aliphatic heterocycles. The minimum absolute atomic E-state index is 0.155. The second kappa shape index (κ2) is 5.19. The standard InChI is InChI=1S/C15H24N2/c1-3-15(4-2)11-17(12-15)10-14(16)13-8-6-5-7-9-13/h5-9,14H,3-4,10-12,16H2,1-2H3. The second-order valence-corrected chi connectivity index (χ2v) is 5.39. The zero-order valence-electron chi connectivity index (χ0n) is 11.0. The zero-order valence-corrected chi connectivity index (χ0v) is 11.0. The molecule has 1 saturated heterocycles. The summed E-state index contributed by atoms with van der Waals surface area (Å²) >= 11 is 0. The molecule has 2 nitrogen and oxygen atoms in total. The molecule has 1 fully saturated rings. The molecule has 2 rings (SSSR count). The molecule has 0 spiro atoms. The molecule has 1 atom stereocenters. The Hall–Kier alpha value is -0.860. The highest BCUT2D eigenvalue weighted by molar-refractivity contribution is 5.19.